The molecule has 0 aromatic rings. The van der Waals surface area contributed by atoms with Crippen LogP contribution in [-0.2, 0) is 17.1 Å². The predicted octanol–water partition coefficient (Wildman–Crippen LogP) is 0.901. The molecule has 35 valence electrons. The molecule has 4 heteroatoms. The molecule has 0 heterocycles. The first-order valence-electron chi connectivity index (χ1n) is 0.617. The number of carboxylic acid groups (broad SMARTS) is 1. The van der Waals surface area contributed by atoms with Gasteiger partial charge in [0.1, 0.15) is 0 Å². The van der Waals surface area contributed by atoms with Gasteiger partial charge in [0.2, 0.25) is 0 Å². The average Bonchev–Trinajstić information content (AvgIpc) is 0.811. The second-order valence-corrected chi connectivity index (χ2v) is 0.576. The van der Waals surface area contributed by atoms with Crippen molar-refractivity contribution in [3.05, 3.63) is 0 Å². The normalized spacial score (nSPS) is 5.00. The summed E-state index contributed by atoms with van der Waals surface area (Å²) < 4.78 is 0. The van der Waals surface area contributed by atoms with Crippen LogP contribution >= 0.6 is 11.6 Å². The quantitative estimate of drug-likeness (QED) is 0.405. The molecule has 0 spiro atoms. The van der Waals surface area contributed by atoms with Crippen molar-refractivity contribution in [2.24, 2.45) is 0 Å². The van der Waals surface area contributed by atoms with Crippen molar-refractivity contribution in [1.82, 2.24) is 0 Å². The minimum absolute atomic E-state index is 0. The Labute approximate surface area is 44.6 Å². The zero-order chi connectivity index (χ0) is 3.58. The van der Waals surface area contributed by atoms with Crippen LogP contribution in [-0.4, -0.2) is 10.5 Å². The molecular formula is CHClCuO2. The van der Waals surface area contributed by atoms with Crippen molar-refractivity contribution in [3.63, 3.8) is 0 Å². The fourth-order valence-electron chi connectivity index (χ4n) is 0. The Morgan fingerprint density at radius 2 is 1.80 bits per heavy atom. The summed E-state index contributed by atoms with van der Waals surface area (Å²) in [6, 6.07) is 0. The Kier molecular flexibility index (Phi) is 7.69. The minimum Gasteiger partial charge on any atom is -0.469 e. The molecule has 0 aliphatic carbocycles. The smallest absolute Gasteiger partial charge is 0.401 e. The zero-order valence-corrected chi connectivity index (χ0v) is 3.73. The summed E-state index contributed by atoms with van der Waals surface area (Å²) in [6.07, 6.45) is 0. The largest absolute Gasteiger partial charge is 0.469 e. The van der Waals surface area contributed by atoms with E-state index in [1.807, 2.05) is 0 Å². The second-order valence-electron chi connectivity index (χ2n) is 0.253. The number of hydrogen-bond donors (Lipinski definition) is 1. The predicted molar refractivity (Wildman–Crippen MR) is 13.9 cm³/mol. The number of carbonyl (C=O) groups is 1. The molecule has 0 aliphatic heterocycles. The molecule has 0 aromatic carbocycles. The van der Waals surface area contributed by atoms with E-state index in [1.165, 1.54) is 0 Å². The van der Waals surface area contributed by atoms with Gasteiger partial charge >= 0.3 is 5.43 Å². The minimum atomic E-state index is -1.36. The van der Waals surface area contributed by atoms with E-state index >= 15 is 0 Å². The third kappa shape index (κ3) is 285. The van der Waals surface area contributed by atoms with Gasteiger partial charge in [0, 0.05) is 28.7 Å². The summed E-state index contributed by atoms with van der Waals surface area (Å²) in [5, 5.41) is 7.18. The molecule has 0 unspecified atom stereocenters. The third-order valence-electron chi connectivity index (χ3n) is 0. The Bertz CT molecular complexity index is 32.6. The molecule has 0 saturated carbocycles. The maximum atomic E-state index is 8.77. The molecule has 0 amide bonds. The summed E-state index contributed by atoms with van der Waals surface area (Å²) in [4.78, 5) is 8.77. The fraction of sp³-hybridized carbons (Fsp3) is 0. The summed E-state index contributed by atoms with van der Waals surface area (Å²) in [5.41, 5.74) is -1.36. The van der Waals surface area contributed by atoms with Gasteiger partial charge in [-0.25, -0.2) is 4.79 Å². The van der Waals surface area contributed by atoms with Gasteiger partial charge in [0.15, 0.2) is 0 Å². The van der Waals surface area contributed by atoms with Crippen LogP contribution < -0.4 is 0 Å². The van der Waals surface area contributed by atoms with Crippen molar-refractivity contribution in [1.29, 1.82) is 0 Å². The summed E-state index contributed by atoms with van der Waals surface area (Å²) in [6.45, 7) is 0. The maximum Gasteiger partial charge on any atom is 0.401 e. The molecule has 0 bridgehead atoms. The first kappa shape index (κ1) is 8.99. The van der Waals surface area contributed by atoms with Crippen LogP contribution in [0, 0.1) is 0 Å². The first-order valence-corrected chi connectivity index (χ1v) is 0.995. The van der Waals surface area contributed by atoms with Crippen LogP contribution in [0.15, 0.2) is 0 Å². The van der Waals surface area contributed by atoms with Crippen molar-refractivity contribution in [2.75, 3.05) is 0 Å². The zero-order valence-electron chi connectivity index (χ0n) is 2.03. The summed E-state index contributed by atoms with van der Waals surface area (Å²) in [5.74, 6) is 0. The molecule has 0 rings (SSSR count). The first-order chi connectivity index (χ1) is 1.73. The van der Waals surface area contributed by atoms with Gasteiger partial charge in [0.25, 0.3) is 0 Å². The fourth-order valence-corrected chi connectivity index (χ4v) is 0. The van der Waals surface area contributed by atoms with E-state index < -0.39 is 5.43 Å². The van der Waals surface area contributed by atoms with Crippen molar-refractivity contribution in [3.8, 4) is 0 Å². The Balaban J connectivity index is 0. The molecule has 0 saturated heterocycles. The average molecular weight is 144 g/mol. The topological polar surface area (TPSA) is 37.3 Å². The van der Waals surface area contributed by atoms with E-state index in [0.29, 0.717) is 0 Å². The second kappa shape index (κ2) is 4.28. The SMILES string of the molecule is O=C(O)Cl.[Cu]. The Morgan fingerprint density at radius 3 is 1.80 bits per heavy atom. The van der Waals surface area contributed by atoms with Crippen LogP contribution in [0.1, 0.15) is 0 Å². The molecule has 1 radical (unpaired) electrons. The van der Waals surface area contributed by atoms with Crippen LogP contribution in [0.5, 0.6) is 0 Å². The molecule has 2 nitrogen and oxygen atoms in total. The van der Waals surface area contributed by atoms with Gasteiger partial charge in [-0.05, 0) is 0 Å². The summed E-state index contributed by atoms with van der Waals surface area (Å²) >= 11 is 4.19. The van der Waals surface area contributed by atoms with E-state index in [2.05, 4.69) is 11.6 Å². The standard InChI is InChI=1S/CHClO2.Cu/c2-1(3)4;/h(H,3,4);. The molecule has 0 fully saturated rings. The van der Waals surface area contributed by atoms with E-state index in [0.717, 1.165) is 0 Å². The maximum absolute atomic E-state index is 8.77. The van der Waals surface area contributed by atoms with Crippen LogP contribution in [0.25, 0.3) is 0 Å². The van der Waals surface area contributed by atoms with Gasteiger partial charge in [0.05, 0.1) is 0 Å². The molecule has 5 heavy (non-hydrogen) atoms. The third-order valence-corrected chi connectivity index (χ3v) is 0. The molecule has 0 aromatic heterocycles. The Hall–Kier alpha value is 0.279. The monoisotopic (exact) mass is 143 g/mol. The van der Waals surface area contributed by atoms with Gasteiger partial charge < -0.3 is 5.11 Å². The van der Waals surface area contributed by atoms with Gasteiger partial charge in [-0.2, -0.15) is 0 Å². The van der Waals surface area contributed by atoms with E-state index in [4.69, 9.17) is 9.90 Å². The van der Waals surface area contributed by atoms with Crippen molar-refractivity contribution in [2.45, 2.75) is 0 Å². The number of rotatable bonds is 0. The molecular weight excluding hydrogens is 143 g/mol. The van der Waals surface area contributed by atoms with Crippen molar-refractivity contribution >= 4 is 17.0 Å². The van der Waals surface area contributed by atoms with Crippen LogP contribution in [0.2, 0.25) is 0 Å². The van der Waals surface area contributed by atoms with Crippen LogP contribution in [0.4, 0.5) is 4.79 Å². The number of halogens is 1. The van der Waals surface area contributed by atoms with Gasteiger partial charge in [-0.15, -0.1) is 0 Å². The van der Waals surface area contributed by atoms with Crippen LogP contribution in [0.3, 0.4) is 0 Å². The van der Waals surface area contributed by atoms with E-state index in [1.54, 1.807) is 0 Å². The molecule has 0 atom stereocenters. The van der Waals surface area contributed by atoms with Gasteiger partial charge in [-0.3, -0.25) is 0 Å². The summed E-state index contributed by atoms with van der Waals surface area (Å²) in [7, 11) is 0. The van der Waals surface area contributed by atoms with Crippen molar-refractivity contribution < 1.29 is 27.0 Å². The van der Waals surface area contributed by atoms with E-state index in [9.17, 15) is 0 Å². The molecule has 1 N–H and O–H groups in total. The Morgan fingerprint density at radius 1 is 1.80 bits per heavy atom. The number of hydrogen-bond acceptors (Lipinski definition) is 1. The van der Waals surface area contributed by atoms with Gasteiger partial charge in [-0.1, -0.05) is 0 Å². The van der Waals surface area contributed by atoms with E-state index in [-0.39, 0.29) is 17.1 Å². The molecule has 0 aliphatic rings.